The summed E-state index contributed by atoms with van der Waals surface area (Å²) in [5.74, 6) is 0. The van der Waals surface area contributed by atoms with Crippen LogP contribution in [0.15, 0.2) is 66.7 Å². The molecule has 2 aromatic rings. The Morgan fingerprint density at radius 2 is 1.73 bits per heavy atom. The molecule has 3 rings (SSSR count). The minimum absolute atomic E-state index is 0.121. The van der Waals surface area contributed by atoms with Crippen LogP contribution < -0.4 is 0 Å². The van der Waals surface area contributed by atoms with Crippen molar-refractivity contribution in [2.45, 2.75) is 25.0 Å². The highest BCUT2D eigenvalue weighted by Gasteiger charge is 2.43. The van der Waals surface area contributed by atoms with Crippen molar-refractivity contribution >= 4 is 6.08 Å². The number of hydrogen-bond acceptors (Lipinski definition) is 2. The van der Waals surface area contributed by atoms with Crippen LogP contribution in [0.2, 0.25) is 0 Å². The van der Waals surface area contributed by atoms with Crippen molar-refractivity contribution in [1.82, 2.24) is 4.90 Å². The average molecular weight is 293 g/mol. The SMILES string of the molecule is CC1N(CC=Cc2ccccc2)CCC1(O)c1ccccc1. The molecule has 2 aromatic carbocycles. The first-order valence-corrected chi connectivity index (χ1v) is 7.94. The molecule has 2 atom stereocenters. The van der Waals surface area contributed by atoms with Crippen LogP contribution in [0.1, 0.15) is 24.5 Å². The van der Waals surface area contributed by atoms with Crippen molar-refractivity contribution in [3.05, 3.63) is 77.9 Å². The summed E-state index contributed by atoms with van der Waals surface area (Å²) in [6.45, 7) is 3.91. The van der Waals surface area contributed by atoms with Crippen molar-refractivity contribution in [3.8, 4) is 0 Å². The predicted molar refractivity (Wildman–Crippen MR) is 91.5 cm³/mol. The minimum Gasteiger partial charge on any atom is -0.383 e. The molecule has 1 heterocycles. The molecular formula is C20H23NO. The van der Waals surface area contributed by atoms with Crippen molar-refractivity contribution < 1.29 is 5.11 Å². The van der Waals surface area contributed by atoms with Gasteiger partial charge in [-0.1, -0.05) is 72.8 Å². The molecule has 0 amide bonds. The molecule has 1 N–H and O–H groups in total. The Hall–Kier alpha value is -1.90. The Morgan fingerprint density at radius 3 is 2.41 bits per heavy atom. The van der Waals surface area contributed by atoms with Gasteiger partial charge in [0.25, 0.3) is 0 Å². The second kappa shape index (κ2) is 6.47. The zero-order valence-corrected chi connectivity index (χ0v) is 13.0. The molecule has 1 fully saturated rings. The van der Waals surface area contributed by atoms with Gasteiger partial charge >= 0.3 is 0 Å². The van der Waals surface area contributed by atoms with Crippen LogP contribution in [0.25, 0.3) is 6.08 Å². The Balaban J connectivity index is 1.67. The van der Waals surface area contributed by atoms with E-state index in [4.69, 9.17) is 0 Å². The fourth-order valence-electron chi connectivity index (χ4n) is 3.27. The molecule has 0 bridgehead atoms. The van der Waals surface area contributed by atoms with Gasteiger partial charge in [-0.25, -0.2) is 0 Å². The highest BCUT2D eigenvalue weighted by molar-refractivity contribution is 5.48. The molecule has 2 heteroatoms. The number of nitrogens with zero attached hydrogens (tertiary/aromatic N) is 1. The molecule has 0 saturated carbocycles. The van der Waals surface area contributed by atoms with Gasteiger partial charge in [-0.2, -0.15) is 0 Å². The summed E-state index contributed by atoms with van der Waals surface area (Å²) in [5.41, 5.74) is 1.51. The van der Waals surface area contributed by atoms with E-state index in [0.29, 0.717) is 0 Å². The van der Waals surface area contributed by atoms with E-state index in [1.165, 1.54) is 5.56 Å². The fraction of sp³-hybridized carbons (Fsp3) is 0.300. The first kappa shape index (κ1) is 15.0. The van der Waals surface area contributed by atoms with Gasteiger partial charge in [0.1, 0.15) is 5.60 Å². The van der Waals surface area contributed by atoms with Crippen LogP contribution in [0.4, 0.5) is 0 Å². The molecule has 1 aliphatic rings. The predicted octanol–water partition coefficient (Wildman–Crippen LogP) is 3.68. The lowest BCUT2D eigenvalue weighted by molar-refractivity contribution is 0.00836. The summed E-state index contributed by atoms with van der Waals surface area (Å²) in [5, 5.41) is 11.1. The Labute approximate surface area is 132 Å². The van der Waals surface area contributed by atoms with Crippen LogP contribution >= 0.6 is 0 Å². The standard InChI is InChI=1S/C20H23NO/c1-17-20(22,19-12-6-3-7-13-19)14-16-21(17)15-8-11-18-9-4-2-5-10-18/h2-13,17,22H,14-16H2,1H3. The molecule has 1 aliphatic heterocycles. The lowest BCUT2D eigenvalue weighted by Crippen LogP contribution is -2.40. The lowest BCUT2D eigenvalue weighted by atomic mass is 9.87. The second-order valence-corrected chi connectivity index (χ2v) is 6.02. The van der Waals surface area contributed by atoms with E-state index >= 15 is 0 Å². The van der Waals surface area contributed by atoms with Crippen molar-refractivity contribution in [2.24, 2.45) is 0 Å². The van der Waals surface area contributed by atoms with Crippen LogP contribution in [0.3, 0.4) is 0 Å². The molecule has 0 spiro atoms. The van der Waals surface area contributed by atoms with Crippen LogP contribution in [-0.4, -0.2) is 29.1 Å². The summed E-state index contributed by atoms with van der Waals surface area (Å²) in [7, 11) is 0. The molecule has 2 unspecified atom stereocenters. The minimum atomic E-state index is -0.734. The third-order valence-electron chi connectivity index (χ3n) is 4.74. The molecule has 114 valence electrons. The highest BCUT2D eigenvalue weighted by atomic mass is 16.3. The van der Waals surface area contributed by atoms with Crippen LogP contribution in [0.5, 0.6) is 0 Å². The van der Waals surface area contributed by atoms with Gasteiger partial charge in [0.15, 0.2) is 0 Å². The monoisotopic (exact) mass is 293 g/mol. The van der Waals surface area contributed by atoms with E-state index in [2.05, 4.69) is 36.1 Å². The maximum Gasteiger partial charge on any atom is 0.106 e. The molecule has 1 saturated heterocycles. The molecule has 0 aliphatic carbocycles. The average Bonchev–Trinajstić information content (AvgIpc) is 2.86. The molecule has 2 nitrogen and oxygen atoms in total. The van der Waals surface area contributed by atoms with E-state index in [9.17, 15) is 5.11 Å². The maximum atomic E-state index is 11.1. The van der Waals surface area contributed by atoms with Crippen molar-refractivity contribution in [1.29, 1.82) is 0 Å². The van der Waals surface area contributed by atoms with Crippen LogP contribution in [0, 0.1) is 0 Å². The van der Waals surface area contributed by atoms with E-state index in [1.54, 1.807) is 0 Å². The molecule has 22 heavy (non-hydrogen) atoms. The second-order valence-electron chi connectivity index (χ2n) is 6.02. The zero-order valence-electron chi connectivity index (χ0n) is 13.0. The summed E-state index contributed by atoms with van der Waals surface area (Å²) in [4.78, 5) is 2.34. The van der Waals surface area contributed by atoms with Gasteiger partial charge < -0.3 is 5.11 Å². The van der Waals surface area contributed by atoms with Gasteiger partial charge in [-0.15, -0.1) is 0 Å². The van der Waals surface area contributed by atoms with E-state index in [1.807, 2.05) is 48.5 Å². The summed E-state index contributed by atoms with van der Waals surface area (Å²) >= 11 is 0. The lowest BCUT2D eigenvalue weighted by Gasteiger charge is -2.31. The maximum absolute atomic E-state index is 11.1. The van der Waals surface area contributed by atoms with Gasteiger partial charge in [0, 0.05) is 19.1 Å². The van der Waals surface area contributed by atoms with Crippen molar-refractivity contribution in [3.63, 3.8) is 0 Å². The van der Waals surface area contributed by atoms with Gasteiger partial charge in [-0.3, -0.25) is 4.90 Å². The topological polar surface area (TPSA) is 23.5 Å². The third-order valence-corrected chi connectivity index (χ3v) is 4.74. The summed E-state index contributed by atoms with van der Waals surface area (Å²) in [6, 6.07) is 20.5. The number of likely N-dealkylation sites (tertiary alicyclic amines) is 1. The zero-order chi connectivity index (χ0) is 15.4. The third kappa shape index (κ3) is 2.99. The smallest absolute Gasteiger partial charge is 0.106 e. The van der Waals surface area contributed by atoms with E-state index in [-0.39, 0.29) is 6.04 Å². The van der Waals surface area contributed by atoms with E-state index in [0.717, 1.165) is 25.1 Å². The van der Waals surface area contributed by atoms with E-state index < -0.39 is 5.60 Å². The first-order chi connectivity index (χ1) is 10.7. The molecule has 0 radical (unpaired) electrons. The van der Waals surface area contributed by atoms with Gasteiger partial charge in [-0.05, 0) is 24.5 Å². The number of hydrogen-bond donors (Lipinski definition) is 1. The van der Waals surface area contributed by atoms with Gasteiger partial charge in [0.2, 0.25) is 0 Å². The summed E-state index contributed by atoms with van der Waals surface area (Å²) in [6.07, 6.45) is 5.12. The number of aliphatic hydroxyl groups is 1. The fourth-order valence-corrected chi connectivity index (χ4v) is 3.27. The molecule has 0 aromatic heterocycles. The quantitative estimate of drug-likeness (QED) is 0.929. The normalized spacial score (nSPS) is 25.8. The first-order valence-electron chi connectivity index (χ1n) is 7.94. The Kier molecular flexibility index (Phi) is 4.41. The highest BCUT2D eigenvalue weighted by Crippen LogP contribution is 2.37. The summed E-state index contributed by atoms with van der Waals surface area (Å²) < 4.78 is 0. The number of rotatable bonds is 4. The Bertz CT molecular complexity index is 623. The van der Waals surface area contributed by atoms with Crippen LogP contribution in [-0.2, 0) is 5.60 Å². The largest absolute Gasteiger partial charge is 0.383 e. The molecular weight excluding hydrogens is 270 g/mol. The van der Waals surface area contributed by atoms with Crippen molar-refractivity contribution in [2.75, 3.05) is 13.1 Å². The Morgan fingerprint density at radius 1 is 1.09 bits per heavy atom. The van der Waals surface area contributed by atoms with Gasteiger partial charge in [0.05, 0.1) is 0 Å². The number of benzene rings is 2.